The van der Waals surface area contributed by atoms with Crippen molar-refractivity contribution >= 4 is 5.97 Å². The topological polar surface area (TPSA) is 45.7 Å². The number of nitrogens with zero attached hydrogens (tertiary/aromatic N) is 3. The first-order valence-electron chi connectivity index (χ1n) is 7.30. The van der Waals surface area contributed by atoms with Gasteiger partial charge in [0.1, 0.15) is 6.04 Å². The van der Waals surface area contributed by atoms with Gasteiger partial charge >= 0.3 is 5.97 Å². The number of pyridine rings is 1. The van der Waals surface area contributed by atoms with Crippen molar-refractivity contribution in [3.63, 3.8) is 0 Å². The molecular weight excluding hydrogens is 254 g/mol. The molecule has 3 rings (SSSR count). The second-order valence-corrected chi connectivity index (χ2v) is 5.51. The molecule has 0 amide bonds. The first kappa shape index (κ1) is 13.5. The minimum atomic E-state index is -0.0428. The van der Waals surface area contributed by atoms with Crippen molar-refractivity contribution in [2.75, 3.05) is 32.8 Å². The summed E-state index contributed by atoms with van der Waals surface area (Å²) < 4.78 is 5.06. The summed E-state index contributed by atoms with van der Waals surface area (Å²) in [6.07, 6.45) is 4.59. The standard InChI is InChI=1S/C15H21N3O2/c1-12(13-3-2-5-16-11-13)17-6-8-18(9-7-17)14-4-10-20-15(14)19/h2-3,5,11-12,14H,4,6-10H2,1H3/t12-,14-/m1/s1. The molecule has 0 saturated carbocycles. The van der Waals surface area contributed by atoms with Gasteiger partial charge in [0.05, 0.1) is 6.61 Å². The Morgan fingerprint density at radius 1 is 1.35 bits per heavy atom. The van der Waals surface area contributed by atoms with Crippen molar-refractivity contribution < 1.29 is 9.53 Å². The molecule has 1 aromatic heterocycles. The van der Waals surface area contributed by atoms with Crippen molar-refractivity contribution in [2.24, 2.45) is 0 Å². The molecule has 0 spiro atoms. The molecule has 5 heteroatoms. The molecule has 0 N–H and O–H groups in total. The van der Waals surface area contributed by atoms with Crippen LogP contribution in [0.15, 0.2) is 24.5 Å². The van der Waals surface area contributed by atoms with Crippen LogP contribution in [0, 0.1) is 0 Å². The number of carbonyl (C=O) groups excluding carboxylic acids is 1. The van der Waals surface area contributed by atoms with E-state index >= 15 is 0 Å². The second-order valence-electron chi connectivity index (χ2n) is 5.51. The first-order valence-corrected chi connectivity index (χ1v) is 7.30. The van der Waals surface area contributed by atoms with Crippen molar-refractivity contribution in [2.45, 2.75) is 25.4 Å². The van der Waals surface area contributed by atoms with E-state index in [9.17, 15) is 4.79 Å². The molecule has 0 radical (unpaired) electrons. The molecule has 108 valence electrons. The highest BCUT2D eigenvalue weighted by molar-refractivity contribution is 5.77. The molecule has 2 atom stereocenters. The zero-order chi connectivity index (χ0) is 13.9. The van der Waals surface area contributed by atoms with E-state index in [0.29, 0.717) is 12.6 Å². The third kappa shape index (κ3) is 2.69. The van der Waals surface area contributed by atoms with Crippen molar-refractivity contribution in [1.29, 1.82) is 0 Å². The van der Waals surface area contributed by atoms with Gasteiger partial charge in [0.2, 0.25) is 0 Å². The molecule has 2 fully saturated rings. The second kappa shape index (κ2) is 5.89. The maximum atomic E-state index is 11.6. The van der Waals surface area contributed by atoms with Gasteiger partial charge < -0.3 is 4.74 Å². The number of piperazine rings is 1. The molecule has 20 heavy (non-hydrogen) atoms. The van der Waals surface area contributed by atoms with Crippen LogP contribution in [0.5, 0.6) is 0 Å². The number of esters is 1. The number of ether oxygens (including phenoxy) is 1. The summed E-state index contributed by atoms with van der Waals surface area (Å²) in [5, 5.41) is 0. The Hall–Kier alpha value is -1.46. The number of cyclic esters (lactones) is 1. The number of aromatic nitrogens is 1. The average Bonchev–Trinajstić information content (AvgIpc) is 2.94. The molecule has 0 aliphatic carbocycles. The Morgan fingerprint density at radius 2 is 2.15 bits per heavy atom. The fourth-order valence-corrected chi connectivity index (χ4v) is 3.09. The van der Waals surface area contributed by atoms with E-state index in [0.717, 1.165) is 32.6 Å². The van der Waals surface area contributed by atoms with Crippen LogP contribution in [0.3, 0.4) is 0 Å². The molecule has 0 aromatic carbocycles. The summed E-state index contributed by atoms with van der Waals surface area (Å²) in [5.74, 6) is -0.0428. The number of carbonyl (C=O) groups is 1. The Kier molecular flexibility index (Phi) is 3.98. The third-order valence-electron chi connectivity index (χ3n) is 4.41. The lowest BCUT2D eigenvalue weighted by atomic mass is 10.1. The summed E-state index contributed by atoms with van der Waals surface area (Å²) in [4.78, 5) is 20.5. The quantitative estimate of drug-likeness (QED) is 0.772. The summed E-state index contributed by atoms with van der Waals surface area (Å²) in [6.45, 7) is 6.64. The zero-order valence-corrected chi connectivity index (χ0v) is 11.9. The molecule has 1 aromatic rings. The van der Waals surface area contributed by atoms with Crippen LogP contribution < -0.4 is 0 Å². The van der Waals surface area contributed by atoms with Gasteiger partial charge in [-0.15, -0.1) is 0 Å². The SMILES string of the molecule is C[C@H](c1cccnc1)N1CCN([C@@H]2CCOC2=O)CC1. The van der Waals surface area contributed by atoms with E-state index < -0.39 is 0 Å². The number of hydrogen-bond acceptors (Lipinski definition) is 5. The maximum Gasteiger partial charge on any atom is 0.323 e. The molecular formula is C15H21N3O2. The predicted octanol–water partition coefficient (Wildman–Crippen LogP) is 1.08. The van der Waals surface area contributed by atoms with Gasteiger partial charge in [-0.1, -0.05) is 6.07 Å². The number of hydrogen-bond donors (Lipinski definition) is 0. The largest absolute Gasteiger partial charge is 0.464 e. The van der Waals surface area contributed by atoms with Gasteiger partial charge in [-0.3, -0.25) is 19.6 Å². The highest BCUT2D eigenvalue weighted by Crippen LogP contribution is 2.23. The zero-order valence-electron chi connectivity index (χ0n) is 11.9. The molecule has 0 bridgehead atoms. The van der Waals surface area contributed by atoms with Crippen LogP contribution in [0.4, 0.5) is 0 Å². The van der Waals surface area contributed by atoms with Gasteiger partial charge in [-0.05, 0) is 18.6 Å². The molecule has 2 aliphatic heterocycles. The highest BCUT2D eigenvalue weighted by Gasteiger charge is 2.34. The van der Waals surface area contributed by atoms with Gasteiger partial charge in [0.15, 0.2) is 0 Å². The van der Waals surface area contributed by atoms with E-state index in [4.69, 9.17) is 4.74 Å². The monoisotopic (exact) mass is 275 g/mol. The van der Waals surface area contributed by atoms with E-state index in [-0.39, 0.29) is 12.0 Å². The van der Waals surface area contributed by atoms with E-state index in [1.165, 1.54) is 5.56 Å². The molecule has 2 aliphatic rings. The van der Waals surface area contributed by atoms with Crippen molar-refractivity contribution in [3.05, 3.63) is 30.1 Å². The van der Waals surface area contributed by atoms with E-state index in [2.05, 4.69) is 27.8 Å². The summed E-state index contributed by atoms with van der Waals surface area (Å²) in [7, 11) is 0. The highest BCUT2D eigenvalue weighted by atomic mass is 16.5. The summed E-state index contributed by atoms with van der Waals surface area (Å²) in [6, 6.07) is 4.47. The molecule has 5 nitrogen and oxygen atoms in total. The van der Waals surface area contributed by atoms with Crippen LogP contribution in [-0.4, -0.2) is 59.6 Å². The van der Waals surface area contributed by atoms with Gasteiger partial charge in [0.25, 0.3) is 0 Å². The van der Waals surface area contributed by atoms with Crippen LogP contribution in [0.2, 0.25) is 0 Å². The third-order valence-corrected chi connectivity index (χ3v) is 4.41. The van der Waals surface area contributed by atoms with Crippen molar-refractivity contribution in [1.82, 2.24) is 14.8 Å². The Morgan fingerprint density at radius 3 is 2.75 bits per heavy atom. The van der Waals surface area contributed by atoms with Crippen LogP contribution in [-0.2, 0) is 9.53 Å². The Labute approximate surface area is 119 Å². The minimum absolute atomic E-state index is 0.00847. The van der Waals surface area contributed by atoms with Crippen molar-refractivity contribution in [3.8, 4) is 0 Å². The minimum Gasteiger partial charge on any atom is -0.464 e. The Balaban J connectivity index is 1.57. The molecule has 2 saturated heterocycles. The lowest BCUT2D eigenvalue weighted by molar-refractivity contribution is -0.142. The van der Waals surface area contributed by atoms with Gasteiger partial charge in [-0.2, -0.15) is 0 Å². The smallest absolute Gasteiger partial charge is 0.323 e. The lowest BCUT2D eigenvalue weighted by Crippen LogP contribution is -2.52. The van der Waals surface area contributed by atoms with Gasteiger partial charge in [0, 0.05) is 51.0 Å². The van der Waals surface area contributed by atoms with Crippen LogP contribution in [0.1, 0.15) is 24.9 Å². The molecule has 0 unspecified atom stereocenters. The number of rotatable bonds is 3. The van der Waals surface area contributed by atoms with Crippen LogP contribution in [0.25, 0.3) is 0 Å². The van der Waals surface area contributed by atoms with E-state index in [1.54, 1.807) is 6.20 Å². The van der Waals surface area contributed by atoms with E-state index in [1.807, 2.05) is 12.3 Å². The predicted molar refractivity (Wildman–Crippen MR) is 75.2 cm³/mol. The average molecular weight is 275 g/mol. The fraction of sp³-hybridized carbons (Fsp3) is 0.600. The Bertz CT molecular complexity index is 457. The van der Waals surface area contributed by atoms with Crippen LogP contribution >= 0.6 is 0 Å². The summed E-state index contributed by atoms with van der Waals surface area (Å²) >= 11 is 0. The summed E-state index contributed by atoms with van der Waals surface area (Å²) in [5.41, 5.74) is 1.25. The molecule has 3 heterocycles. The first-order chi connectivity index (χ1) is 9.75. The maximum absolute atomic E-state index is 11.6. The van der Waals surface area contributed by atoms with Gasteiger partial charge in [-0.25, -0.2) is 0 Å². The fourth-order valence-electron chi connectivity index (χ4n) is 3.09. The normalized spacial score (nSPS) is 26.4. The lowest BCUT2D eigenvalue weighted by Gasteiger charge is -2.39.